The number of piperidine rings is 2. The molecule has 6 aromatic rings. The number of carbonyl (C=O) groups is 4. The molecule has 6 aliphatic rings. The predicted molar refractivity (Wildman–Crippen MR) is 298 cm³/mol. The quantitative estimate of drug-likeness (QED) is 0.0846. The first-order valence-electron chi connectivity index (χ1n) is 27.4. The molecule has 4 unspecified atom stereocenters. The Balaban J connectivity index is 0.000000169. The largest absolute Gasteiger partial charge is 0.493 e. The highest BCUT2D eigenvalue weighted by molar-refractivity contribution is 6.31. The van der Waals surface area contributed by atoms with Crippen LogP contribution in [0.15, 0.2) is 109 Å². The minimum Gasteiger partial charge on any atom is -0.493 e. The van der Waals surface area contributed by atoms with E-state index in [-0.39, 0.29) is 47.8 Å². The molecule has 0 radical (unpaired) electrons. The van der Waals surface area contributed by atoms with Crippen LogP contribution < -0.4 is 18.9 Å². The third-order valence-electron chi connectivity index (χ3n) is 16.9. The molecule has 0 bridgehead atoms. The van der Waals surface area contributed by atoms with Crippen molar-refractivity contribution in [2.24, 2.45) is 22.7 Å². The van der Waals surface area contributed by atoms with Crippen molar-refractivity contribution in [3.05, 3.63) is 153 Å². The van der Waals surface area contributed by atoms with Gasteiger partial charge < -0.3 is 56.8 Å². The molecule has 4 fully saturated rings. The lowest BCUT2D eigenvalue weighted by Crippen LogP contribution is -2.34. The molecule has 2 aliphatic carbocycles. The minimum atomic E-state index is -0.523. The molecule has 2 amide bonds. The normalized spacial score (nSPS) is 24.4. The Morgan fingerprint density at radius 1 is 0.550 bits per heavy atom. The van der Waals surface area contributed by atoms with Gasteiger partial charge in [-0.25, -0.2) is 0 Å². The Labute approximate surface area is 475 Å². The fraction of sp³-hybridized carbons (Fsp3) is 0.419. The summed E-state index contributed by atoms with van der Waals surface area (Å²) in [4.78, 5) is 55.4. The summed E-state index contributed by atoms with van der Waals surface area (Å²) in [5, 5.41) is 1.19. The van der Waals surface area contributed by atoms with Crippen LogP contribution in [-0.4, -0.2) is 111 Å². The van der Waals surface area contributed by atoms with E-state index in [1.165, 1.54) is 0 Å². The summed E-state index contributed by atoms with van der Waals surface area (Å²) < 4.78 is 51.3. The van der Waals surface area contributed by atoms with Gasteiger partial charge in [0, 0.05) is 83.7 Å². The van der Waals surface area contributed by atoms with E-state index in [0.717, 1.165) is 57.9 Å². The van der Waals surface area contributed by atoms with E-state index in [9.17, 15) is 19.2 Å². The first kappa shape index (κ1) is 55.0. The number of fused-ring (bicyclic) bond motifs is 8. The van der Waals surface area contributed by atoms with Crippen LogP contribution in [0.1, 0.15) is 110 Å². The number of esters is 2. The summed E-state index contributed by atoms with van der Waals surface area (Å²) >= 11 is 13.0. The number of amides is 2. The van der Waals surface area contributed by atoms with Crippen LogP contribution in [-0.2, 0) is 38.1 Å². The Morgan fingerprint density at radius 2 is 0.975 bits per heavy atom. The molecule has 8 atom stereocenters. The third-order valence-corrected chi connectivity index (χ3v) is 17.4. The fourth-order valence-electron chi connectivity index (χ4n) is 12.8. The van der Waals surface area contributed by atoms with Gasteiger partial charge in [0.1, 0.15) is 12.2 Å². The molecular weight excluding hydrogens is 1060 g/mol. The number of rotatable bonds is 16. The van der Waals surface area contributed by atoms with Crippen LogP contribution in [0.3, 0.4) is 0 Å². The number of halogens is 2. The fourth-order valence-corrected chi connectivity index (χ4v) is 13.1. The first-order chi connectivity index (χ1) is 38.8. The van der Waals surface area contributed by atoms with Gasteiger partial charge in [-0.3, -0.25) is 19.2 Å². The number of methoxy groups -OCH3 is 4. The van der Waals surface area contributed by atoms with Gasteiger partial charge in [0.25, 0.3) is 0 Å². The maximum absolute atomic E-state index is 13.4. The van der Waals surface area contributed by atoms with E-state index in [1.54, 1.807) is 28.4 Å². The van der Waals surface area contributed by atoms with E-state index < -0.39 is 23.0 Å². The number of benzene rings is 4. The van der Waals surface area contributed by atoms with Gasteiger partial charge in [-0.1, -0.05) is 47.5 Å². The Hall–Kier alpha value is -6.98. The van der Waals surface area contributed by atoms with Crippen LogP contribution in [0.25, 0.3) is 11.4 Å². The number of hydrogen-bond acceptors (Lipinski definition) is 12. The van der Waals surface area contributed by atoms with E-state index in [4.69, 9.17) is 61.1 Å². The molecule has 0 N–H and O–H groups in total. The van der Waals surface area contributed by atoms with Crippen LogP contribution in [0, 0.1) is 22.7 Å². The SMILES string of the molecule is CCOC(=O)C12CC1CN(C(=O)CC[C@H]1O[C@H](c3cccc(OC)c3OC)c3cc(Cl)ccc3-n3cccc31)C2.CCOC(=O)C12CC1CN(C(=O)CC[C@H]1O[C@H](c3cccc(OC)c3OC)c3cc(Cl)ccc3-n3cccc31)C2. The summed E-state index contributed by atoms with van der Waals surface area (Å²) in [5.41, 5.74) is 6.19. The molecule has 2 saturated carbocycles. The van der Waals surface area contributed by atoms with Crippen molar-refractivity contribution >= 4 is 47.0 Å². The number of aromatic nitrogens is 2. The average molecular weight is 1130 g/mol. The van der Waals surface area contributed by atoms with Crippen molar-refractivity contribution in [2.75, 3.05) is 67.8 Å². The van der Waals surface area contributed by atoms with Gasteiger partial charge in [0.15, 0.2) is 23.0 Å². The van der Waals surface area contributed by atoms with Crippen molar-refractivity contribution in [2.45, 2.75) is 76.8 Å². The lowest BCUT2D eigenvalue weighted by atomic mass is 9.98. The van der Waals surface area contributed by atoms with Crippen molar-refractivity contribution in [3.8, 4) is 34.4 Å². The van der Waals surface area contributed by atoms with Gasteiger partial charge in [-0.15, -0.1) is 0 Å². The molecule has 12 rings (SSSR count). The number of nitrogens with zero attached hydrogens (tertiary/aromatic N) is 4. The highest BCUT2D eigenvalue weighted by Gasteiger charge is 2.67. The Bertz CT molecular complexity index is 3120. The van der Waals surface area contributed by atoms with Crippen molar-refractivity contribution < 1.29 is 57.1 Å². The van der Waals surface area contributed by atoms with Gasteiger partial charge in [0.2, 0.25) is 11.8 Å². The third kappa shape index (κ3) is 9.96. The number of para-hydroxylation sites is 2. The molecule has 2 aromatic heterocycles. The number of carbonyl (C=O) groups excluding carboxylic acids is 4. The van der Waals surface area contributed by atoms with Crippen molar-refractivity contribution in [3.63, 3.8) is 0 Å². The number of ether oxygens (including phenoxy) is 8. The lowest BCUT2D eigenvalue weighted by Gasteiger charge is -2.26. The molecule has 18 heteroatoms. The van der Waals surface area contributed by atoms with E-state index in [1.807, 2.05) is 133 Å². The predicted octanol–water partition coefficient (Wildman–Crippen LogP) is 11.0. The zero-order valence-electron chi connectivity index (χ0n) is 45.8. The molecule has 4 aromatic carbocycles. The molecule has 16 nitrogen and oxygen atoms in total. The van der Waals surface area contributed by atoms with Crippen LogP contribution >= 0.6 is 23.2 Å². The van der Waals surface area contributed by atoms with E-state index in [0.29, 0.717) is 98.1 Å². The highest BCUT2D eigenvalue weighted by Crippen LogP contribution is 2.60. The summed E-state index contributed by atoms with van der Waals surface area (Å²) in [6.45, 7) is 6.41. The Kier molecular flexibility index (Phi) is 15.5. The summed E-state index contributed by atoms with van der Waals surface area (Å²) in [6, 6.07) is 31.0. The average Bonchev–Trinajstić information content (AvgIpc) is 4.08. The van der Waals surface area contributed by atoms with Gasteiger partial charge >= 0.3 is 11.9 Å². The van der Waals surface area contributed by atoms with Crippen molar-refractivity contribution in [1.82, 2.24) is 18.9 Å². The van der Waals surface area contributed by atoms with E-state index >= 15 is 0 Å². The van der Waals surface area contributed by atoms with Crippen LogP contribution in [0.2, 0.25) is 10.0 Å². The van der Waals surface area contributed by atoms with E-state index in [2.05, 4.69) is 9.13 Å². The number of likely N-dealkylation sites (tertiary alicyclic amines) is 2. The monoisotopic (exact) mass is 1130 g/mol. The topological polar surface area (TPSA) is 158 Å². The smallest absolute Gasteiger partial charge is 0.314 e. The molecule has 4 aliphatic heterocycles. The van der Waals surface area contributed by atoms with Crippen LogP contribution in [0.4, 0.5) is 0 Å². The molecule has 80 heavy (non-hydrogen) atoms. The first-order valence-corrected chi connectivity index (χ1v) is 28.1. The molecule has 420 valence electrons. The van der Waals surface area contributed by atoms with Gasteiger partial charge in [0.05, 0.1) is 87.5 Å². The molecule has 0 spiro atoms. The summed E-state index contributed by atoms with van der Waals surface area (Å²) in [6.07, 6.45) is 5.33. The second kappa shape index (κ2) is 22.5. The minimum absolute atomic E-state index is 0.0258. The summed E-state index contributed by atoms with van der Waals surface area (Å²) in [5.74, 6) is 2.48. The van der Waals surface area contributed by atoms with Gasteiger partial charge in [-0.05, 0) is 124 Å². The maximum atomic E-state index is 13.4. The molecule has 6 heterocycles. The summed E-state index contributed by atoms with van der Waals surface area (Å²) in [7, 11) is 6.43. The Morgan fingerprint density at radius 3 is 1.36 bits per heavy atom. The zero-order valence-corrected chi connectivity index (χ0v) is 47.3. The van der Waals surface area contributed by atoms with Crippen LogP contribution in [0.5, 0.6) is 23.0 Å². The maximum Gasteiger partial charge on any atom is 0.314 e. The lowest BCUT2D eigenvalue weighted by molar-refractivity contribution is -0.151. The zero-order chi connectivity index (χ0) is 56.0. The van der Waals surface area contributed by atoms with Crippen molar-refractivity contribution in [1.29, 1.82) is 0 Å². The molecular formula is C62H66Cl2N4O12. The van der Waals surface area contributed by atoms with Gasteiger partial charge in [-0.2, -0.15) is 0 Å². The second-order valence-electron chi connectivity index (χ2n) is 21.4. The standard InChI is InChI=1S/2C31H33ClN2O6/c2*1-4-39-30(36)31-16-19(31)17-33(18-31)27(35)13-12-25-24-8-6-14-34(24)23-11-10-20(32)15-22(23)28(40-25)21-7-5-9-26(37-2)29(21)38-3/h2*5-11,14-15,19,25,28H,4,12-13,16-18H2,1-3H3/t2*19?,25-,28-,31?/m11/s1. The second-order valence-corrected chi connectivity index (χ2v) is 22.2. The number of hydrogen-bond donors (Lipinski definition) is 0. The molecule has 2 saturated heterocycles. The highest BCUT2D eigenvalue weighted by atomic mass is 35.5.